The average Bonchev–Trinajstić information content (AvgIpc) is 2.26. The highest BCUT2D eigenvalue weighted by atomic mass is 16.5. The maximum Gasteiger partial charge on any atom is 0.119 e. The van der Waals surface area contributed by atoms with E-state index in [-0.39, 0.29) is 13.2 Å². The molecule has 1 aromatic rings. The molecule has 0 amide bonds. The maximum atomic E-state index is 9.21. The van der Waals surface area contributed by atoms with Crippen LogP contribution in [0.4, 0.5) is 0 Å². The molecule has 0 aliphatic heterocycles. The first-order valence-corrected chi connectivity index (χ1v) is 5.24. The molecule has 1 aromatic carbocycles. The predicted molar refractivity (Wildman–Crippen MR) is 61.1 cm³/mol. The lowest BCUT2D eigenvalue weighted by Gasteiger charge is -2.11. The standard InChI is InChI=1S/C12H19NO2/c1-9(2)10-3-5-12(6-4-10)15-8-11(14)7-13/h3-6,9,11,14H,7-8,13H2,1-2H3/t11-/m1/s1. The van der Waals surface area contributed by atoms with E-state index in [4.69, 9.17) is 10.5 Å². The zero-order valence-corrected chi connectivity index (χ0v) is 9.31. The molecule has 0 aromatic heterocycles. The molecule has 1 atom stereocenters. The first-order valence-electron chi connectivity index (χ1n) is 5.24. The minimum atomic E-state index is -0.588. The second kappa shape index (κ2) is 5.73. The van der Waals surface area contributed by atoms with Crippen molar-refractivity contribution in [3.63, 3.8) is 0 Å². The average molecular weight is 209 g/mol. The zero-order chi connectivity index (χ0) is 11.3. The topological polar surface area (TPSA) is 55.5 Å². The first kappa shape index (κ1) is 12.0. The van der Waals surface area contributed by atoms with Crippen molar-refractivity contribution in [3.05, 3.63) is 29.8 Å². The monoisotopic (exact) mass is 209 g/mol. The van der Waals surface area contributed by atoms with Crippen LogP contribution in [0.2, 0.25) is 0 Å². The molecular weight excluding hydrogens is 190 g/mol. The summed E-state index contributed by atoms with van der Waals surface area (Å²) in [5.41, 5.74) is 6.55. The van der Waals surface area contributed by atoms with Crippen LogP contribution in [-0.4, -0.2) is 24.4 Å². The summed E-state index contributed by atoms with van der Waals surface area (Å²) in [5, 5.41) is 9.21. The van der Waals surface area contributed by atoms with E-state index in [9.17, 15) is 5.11 Å². The van der Waals surface area contributed by atoms with Gasteiger partial charge in [0.05, 0.1) is 0 Å². The van der Waals surface area contributed by atoms with Crippen molar-refractivity contribution in [2.45, 2.75) is 25.9 Å². The summed E-state index contributed by atoms with van der Waals surface area (Å²) in [4.78, 5) is 0. The van der Waals surface area contributed by atoms with Crippen molar-refractivity contribution >= 4 is 0 Å². The lowest BCUT2D eigenvalue weighted by Crippen LogP contribution is -2.26. The quantitative estimate of drug-likeness (QED) is 0.772. The van der Waals surface area contributed by atoms with Crippen molar-refractivity contribution in [2.24, 2.45) is 5.73 Å². The third kappa shape index (κ3) is 3.90. The minimum absolute atomic E-state index is 0.226. The van der Waals surface area contributed by atoms with Gasteiger partial charge in [-0.1, -0.05) is 26.0 Å². The largest absolute Gasteiger partial charge is 0.491 e. The van der Waals surface area contributed by atoms with E-state index in [2.05, 4.69) is 13.8 Å². The summed E-state index contributed by atoms with van der Waals surface area (Å²) in [6.07, 6.45) is -0.588. The Labute approximate surface area is 90.9 Å². The molecule has 0 aliphatic rings. The van der Waals surface area contributed by atoms with Crippen LogP contribution in [0.15, 0.2) is 24.3 Å². The van der Waals surface area contributed by atoms with E-state index in [1.165, 1.54) is 5.56 Å². The van der Waals surface area contributed by atoms with Crippen molar-refractivity contribution in [3.8, 4) is 5.75 Å². The Balaban J connectivity index is 2.50. The number of hydrogen-bond acceptors (Lipinski definition) is 3. The number of aliphatic hydroxyl groups excluding tert-OH is 1. The molecule has 0 saturated carbocycles. The molecule has 0 bridgehead atoms. The van der Waals surface area contributed by atoms with E-state index < -0.39 is 6.10 Å². The molecule has 3 heteroatoms. The lowest BCUT2D eigenvalue weighted by atomic mass is 10.0. The fourth-order valence-electron chi connectivity index (χ4n) is 1.21. The van der Waals surface area contributed by atoms with E-state index in [0.29, 0.717) is 5.92 Å². The maximum absolute atomic E-state index is 9.21. The highest BCUT2D eigenvalue weighted by molar-refractivity contribution is 5.28. The summed E-state index contributed by atoms with van der Waals surface area (Å²) in [6.45, 7) is 4.77. The third-order valence-electron chi connectivity index (χ3n) is 2.26. The van der Waals surface area contributed by atoms with Crippen LogP contribution in [0, 0.1) is 0 Å². The Hall–Kier alpha value is -1.06. The lowest BCUT2D eigenvalue weighted by molar-refractivity contribution is 0.114. The van der Waals surface area contributed by atoms with E-state index >= 15 is 0 Å². The van der Waals surface area contributed by atoms with Gasteiger partial charge >= 0.3 is 0 Å². The highest BCUT2D eigenvalue weighted by Gasteiger charge is 2.03. The molecule has 1 rings (SSSR count). The molecule has 0 spiro atoms. The number of hydrogen-bond donors (Lipinski definition) is 2. The highest BCUT2D eigenvalue weighted by Crippen LogP contribution is 2.18. The van der Waals surface area contributed by atoms with Gasteiger partial charge in [-0.3, -0.25) is 0 Å². The SMILES string of the molecule is CC(C)c1ccc(OC[C@H](O)CN)cc1. The van der Waals surface area contributed by atoms with Crippen LogP contribution in [0.1, 0.15) is 25.3 Å². The van der Waals surface area contributed by atoms with E-state index in [1.54, 1.807) is 0 Å². The summed E-state index contributed by atoms with van der Waals surface area (Å²) in [7, 11) is 0. The van der Waals surface area contributed by atoms with Crippen LogP contribution in [-0.2, 0) is 0 Å². The summed E-state index contributed by atoms with van der Waals surface area (Å²) >= 11 is 0. The van der Waals surface area contributed by atoms with Crippen LogP contribution in [0.3, 0.4) is 0 Å². The van der Waals surface area contributed by atoms with Crippen molar-refractivity contribution < 1.29 is 9.84 Å². The number of aliphatic hydroxyl groups is 1. The Bertz CT molecular complexity index is 282. The van der Waals surface area contributed by atoms with Crippen LogP contribution in [0.5, 0.6) is 5.75 Å². The fourth-order valence-corrected chi connectivity index (χ4v) is 1.21. The van der Waals surface area contributed by atoms with Gasteiger partial charge in [-0.2, -0.15) is 0 Å². The number of nitrogens with two attached hydrogens (primary N) is 1. The van der Waals surface area contributed by atoms with Gasteiger partial charge in [0.15, 0.2) is 0 Å². The van der Waals surface area contributed by atoms with Gasteiger partial charge in [-0.25, -0.2) is 0 Å². The van der Waals surface area contributed by atoms with Crippen molar-refractivity contribution in [1.82, 2.24) is 0 Å². The van der Waals surface area contributed by atoms with Gasteiger partial charge in [0.1, 0.15) is 18.5 Å². The van der Waals surface area contributed by atoms with Gasteiger partial charge in [0, 0.05) is 6.54 Å². The summed E-state index contributed by atoms with van der Waals surface area (Å²) in [6, 6.07) is 7.90. The Morgan fingerprint density at radius 1 is 1.27 bits per heavy atom. The Morgan fingerprint density at radius 3 is 2.33 bits per heavy atom. The Kier molecular flexibility index (Phi) is 4.59. The van der Waals surface area contributed by atoms with Crippen molar-refractivity contribution in [2.75, 3.05) is 13.2 Å². The smallest absolute Gasteiger partial charge is 0.119 e. The fraction of sp³-hybridized carbons (Fsp3) is 0.500. The number of benzene rings is 1. The van der Waals surface area contributed by atoms with Crippen LogP contribution < -0.4 is 10.5 Å². The summed E-state index contributed by atoms with van der Waals surface area (Å²) < 4.78 is 5.36. The van der Waals surface area contributed by atoms with Gasteiger partial charge in [0.2, 0.25) is 0 Å². The summed E-state index contributed by atoms with van der Waals surface area (Å²) in [5.74, 6) is 1.29. The minimum Gasteiger partial charge on any atom is -0.491 e. The van der Waals surface area contributed by atoms with E-state index in [0.717, 1.165) is 5.75 Å². The van der Waals surface area contributed by atoms with Gasteiger partial charge < -0.3 is 15.6 Å². The molecule has 0 unspecified atom stereocenters. The molecule has 15 heavy (non-hydrogen) atoms. The second-order valence-electron chi connectivity index (χ2n) is 3.92. The predicted octanol–water partition coefficient (Wildman–Crippen LogP) is 1.51. The molecule has 3 nitrogen and oxygen atoms in total. The molecule has 0 saturated heterocycles. The molecular formula is C12H19NO2. The Morgan fingerprint density at radius 2 is 1.87 bits per heavy atom. The number of rotatable bonds is 5. The molecule has 0 heterocycles. The van der Waals surface area contributed by atoms with Gasteiger partial charge in [-0.15, -0.1) is 0 Å². The van der Waals surface area contributed by atoms with E-state index in [1.807, 2.05) is 24.3 Å². The zero-order valence-electron chi connectivity index (χ0n) is 9.31. The molecule has 0 aliphatic carbocycles. The van der Waals surface area contributed by atoms with Crippen LogP contribution in [0.25, 0.3) is 0 Å². The van der Waals surface area contributed by atoms with Crippen LogP contribution >= 0.6 is 0 Å². The van der Waals surface area contributed by atoms with Gasteiger partial charge in [-0.05, 0) is 23.6 Å². The molecule has 3 N–H and O–H groups in total. The van der Waals surface area contributed by atoms with Crippen molar-refractivity contribution in [1.29, 1.82) is 0 Å². The first-order chi connectivity index (χ1) is 7.13. The second-order valence-corrected chi connectivity index (χ2v) is 3.92. The molecule has 84 valence electrons. The normalized spacial score (nSPS) is 12.9. The molecule has 0 fully saturated rings. The van der Waals surface area contributed by atoms with Gasteiger partial charge in [0.25, 0.3) is 0 Å². The third-order valence-corrected chi connectivity index (χ3v) is 2.26. The molecule has 0 radical (unpaired) electrons. The number of ether oxygens (including phenoxy) is 1.